The number of hydrogen-bond donors (Lipinski definition) is 1. The molecule has 0 aliphatic heterocycles. The third kappa shape index (κ3) is 4.61. The van der Waals surface area contributed by atoms with E-state index in [2.05, 4.69) is 15.5 Å². The van der Waals surface area contributed by atoms with Crippen molar-refractivity contribution in [3.8, 4) is 28.7 Å². The first-order valence-electron chi connectivity index (χ1n) is 9.11. The smallest absolute Gasteiger partial charge is 0.322 e. The van der Waals surface area contributed by atoms with Crippen molar-refractivity contribution in [2.75, 3.05) is 32.4 Å². The van der Waals surface area contributed by atoms with E-state index in [1.165, 1.54) is 52.5 Å². The van der Waals surface area contributed by atoms with Gasteiger partial charge in [-0.15, -0.1) is 5.10 Å². The molecule has 0 radical (unpaired) electrons. The van der Waals surface area contributed by atoms with E-state index < -0.39 is 15.7 Å². The summed E-state index contributed by atoms with van der Waals surface area (Å²) in [6.45, 7) is 1.53. The number of nitrogens with one attached hydrogen (secondary N) is 1. The number of ether oxygens (including phenoxy) is 3. The molecule has 0 saturated heterocycles. The number of methoxy groups -OCH3 is 3. The van der Waals surface area contributed by atoms with Gasteiger partial charge >= 0.3 is 6.01 Å². The molecular formula is C20H21N3O7S. The van der Waals surface area contributed by atoms with Gasteiger partial charge < -0.3 is 18.6 Å². The number of anilines is 1. The maximum atomic E-state index is 12.5. The molecule has 1 amide bonds. The van der Waals surface area contributed by atoms with Crippen LogP contribution in [0.2, 0.25) is 0 Å². The molecule has 1 N–H and O–H groups in total. The third-order valence-electron chi connectivity index (χ3n) is 4.39. The Morgan fingerprint density at radius 1 is 1.03 bits per heavy atom. The standard InChI is InChI=1S/C20H21N3O7S/c1-5-31(25,26)14-8-6-7-12(9-14)18(24)21-20-23-22-19(30-20)13-10-15(27-2)17(29-4)16(11-13)28-3/h6-11H,5H2,1-4H3,(H,21,23,24). The topological polar surface area (TPSA) is 130 Å². The van der Waals surface area contributed by atoms with E-state index in [-0.39, 0.29) is 28.1 Å². The number of hydrogen-bond acceptors (Lipinski definition) is 9. The predicted molar refractivity (Wildman–Crippen MR) is 112 cm³/mol. The van der Waals surface area contributed by atoms with Gasteiger partial charge in [0.2, 0.25) is 11.6 Å². The Balaban J connectivity index is 1.86. The van der Waals surface area contributed by atoms with Crippen molar-refractivity contribution >= 4 is 21.8 Å². The second-order valence-corrected chi connectivity index (χ2v) is 8.49. The number of benzene rings is 2. The van der Waals surface area contributed by atoms with Crippen LogP contribution in [0.3, 0.4) is 0 Å². The molecule has 0 atom stereocenters. The number of nitrogens with zero attached hydrogens (tertiary/aromatic N) is 2. The molecule has 10 nitrogen and oxygen atoms in total. The first-order chi connectivity index (χ1) is 14.8. The van der Waals surface area contributed by atoms with Crippen molar-refractivity contribution in [3.05, 3.63) is 42.0 Å². The summed E-state index contributed by atoms with van der Waals surface area (Å²) in [7, 11) is 1.00. The van der Waals surface area contributed by atoms with E-state index in [4.69, 9.17) is 18.6 Å². The second-order valence-electron chi connectivity index (χ2n) is 6.21. The van der Waals surface area contributed by atoms with Crippen molar-refractivity contribution in [2.24, 2.45) is 0 Å². The molecule has 164 valence electrons. The van der Waals surface area contributed by atoms with E-state index in [1.54, 1.807) is 12.1 Å². The minimum absolute atomic E-state index is 0.0614. The summed E-state index contributed by atoms with van der Waals surface area (Å²) >= 11 is 0. The van der Waals surface area contributed by atoms with Gasteiger partial charge in [-0.05, 0) is 30.3 Å². The van der Waals surface area contributed by atoms with Gasteiger partial charge in [0, 0.05) is 11.1 Å². The number of carbonyl (C=O) groups excluding carboxylic acids is 1. The first-order valence-corrected chi connectivity index (χ1v) is 10.8. The van der Waals surface area contributed by atoms with Crippen molar-refractivity contribution in [3.63, 3.8) is 0 Å². The van der Waals surface area contributed by atoms with E-state index >= 15 is 0 Å². The Bertz CT molecular complexity index is 1180. The highest BCUT2D eigenvalue weighted by atomic mass is 32.2. The summed E-state index contributed by atoms with van der Waals surface area (Å²) in [6.07, 6.45) is 0. The molecule has 0 unspecified atom stereocenters. The van der Waals surface area contributed by atoms with Gasteiger partial charge in [0.15, 0.2) is 21.3 Å². The first kappa shape index (κ1) is 22.1. The molecule has 1 aromatic heterocycles. The normalized spacial score (nSPS) is 11.1. The van der Waals surface area contributed by atoms with Crippen LogP contribution in [0.25, 0.3) is 11.5 Å². The van der Waals surface area contributed by atoms with Crippen molar-refractivity contribution in [1.82, 2.24) is 10.2 Å². The van der Waals surface area contributed by atoms with Crippen LogP contribution >= 0.6 is 0 Å². The van der Waals surface area contributed by atoms with E-state index in [0.717, 1.165) is 0 Å². The van der Waals surface area contributed by atoms with Crippen LogP contribution in [0, 0.1) is 0 Å². The lowest BCUT2D eigenvalue weighted by molar-refractivity contribution is 0.102. The lowest BCUT2D eigenvalue weighted by atomic mass is 10.2. The second kappa shape index (κ2) is 9.04. The van der Waals surface area contributed by atoms with Gasteiger partial charge in [0.1, 0.15) is 0 Å². The van der Waals surface area contributed by atoms with Gasteiger partial charge in [-0.25, -0.2) is 8.42 Å². The Kier molecular flexibility index (Phi) is 6.44. The molecule has 0 fully saturated rings. The molecular weight excluding hydrogens is 426 g/mol. The molecule has 0 spiro atoms. The molecule has 3 aromatic rings. The summed E-state index contributed by atoms with van der Waals surface area (Å²) in [5, 5.41) is 10.2. The van der Waals surface area contributed by atoms with E-state index in [1.807, 2.05) is 0 Å². The fourth-order valence-electron chi connectivity index (χ4n) is 2.76. The van der Waals surface area contributed by atoms with Gasteiger partial charge in [0.05, 0.1) is 32.0 Å². The highest BCUT2D eigenvalue weighted by Crippen LogP contribution is 2.41. The zero-order valence-corrected chi connectivity index (χ0v) is 18.1. The van der Waals surface area contributed by atoms with Gasteiger partial charge in [0.25, 0.3) is 5.91 Å². The van der Waals surface area contributed by atoms with Crippen LogP contribution in [0.5, 0.6) is 17.2 Å². The van der Waals surface area contributed by atoms with Crippen LogP contribution in [0.1, 0.15) is 17.3 Å². The lowest BCUT2D eigenvalue weighted by Gasteiger charge is -2.12. The maximum Gasteiger partial charge on any atom is 0.322 e. The fourth-order valence-corrected chi connectivity index (χ4v) is 3.69. The van der Waals surface area contributed by atoms with Crippen LogP contribution in [0.15, 0.2) is 45.7 Å². The number of aromatic nitrogens is 2. The number of rotatable bonds is 8. The van der Waals surface area contributed by atoms with E-state index in [0.29, 0.717) is 22.8 Å². The summed E-state index contributed by atoms with van der Waals surface area (Å²) in [5.41, 5.74) is 0.626. The Hall–Kier alpha value is -3.60. The van der Waals surface area contributed by atoms with E-state index in [9.17, 15) is 13.2 Å². The minimum Gasteiger partial charge on any atom is -0.493 e. The lowest BCUT2D eigenvalue weighted by Crippen LogP contribution is -2.13. The van der Waals surface area contributed by atoms with Crippen LogP contribution in [-0.2, 0) is 9.84 Å². The van der Waals surface area contributed by atoms with Crippen LogP contribution in [-0.4, -0.2) is 51.6 Å². The minimum atomic E-state index is -3.44. The average Bonchev–Trinajstić information content (AvgIpc) is 3.26. The third-order valence-corrected chi connectivity index (χ3v) is 6.12. The van der Waals surface area contributed by atoms with Crippen molar-refractivity contribution in [1.29, 1.82) is 0 Å². The van der Waals surface area contributed by atoms with Crippen LogP contribution in [0.4, 0.5) is 6.01 Å². The summed E-state index contributed by atoms with van der Waals surface area (Å²) in [6, 6.07) is 8.80. The molecule has 0 bridgehead atoms. The highest BCUT2D eigenvalue weighted by molar-refractivity contribution is 7.91. The molecule has 31 heavy (non-hydrogen) atoms. The number of carbonyl (C=O) groups is 1. The van der Waals surface area contributed by atoms with Gasteiger partial charge in [-0.3, -0.25) is 10.1 Å². The molecule has 0 saturated carbocycles. The quantitative estimate of drug-likeness (QED) is 0.554. The SMILES string of the molecule is CCS(=O)(=O)c1cccc(C(=O)Nc2nnc(-c3cc(OC)c(OC)c(OC)c3)o2)c1. The zero-order valence-electron chi connectivity index (χ0n) is 17.3. The Morgan fingerprint density at radius 3 is 2.29 bits per heavy atom. The fraction of sp³-hybridized carbons (Fsp3) is 0.250. The highest BCUT2D eigenvalue weighted by Gasteiger charge is 2.19. The monoisotopic (exact) mass is 447 g/mol. The summed E-state index contributed by atoms with van der Waals surface area (Å²) in [5.74, 6) is 0.651. The zero-order chi connectivity index (χ0) is 22.6. The molecule has 3 rings (SSSR count). The Morgan fingerprint density at radius 2 is 1.71 bits per heavy atom. The molecule has 2 aromatic carbocycles. The molecule has 11 heteroatoms. The Labute approximate surface area is 179 Å². The molecule has 1 heterocycles. The number of amides is 1. The van der Waals surface area contributed by atoms with Crippen LogP contribution < -0.4 is 19.5 Å². The van der Waals surface area contributed by atoms with Crippen molar-refractivity contribution < 1.29 is 31.8 Å². The number of sulfone groups is 1. The maximum absolute atomic E-state index is 12.5. The predicted octanol–water partition coefficient (Wildman–Crippen LogP) is 2.81. The largest absolute Gasteiger partial charge is 0.493 e. The van der Waals surface area contributed by atoms with Gasteiger partial charge in [-0.1, -0.05) is 18.1 Å². The summed E-state index contributed by atoms with van der Waals surface area (Å²) in [4.78, 5) is 12.6. The summed E-state index contributed by atoms with van der Waals surface area (Å²) < 4.78 is 45.5. The van der Waals surface area contributed by atoms with Gasteiger partial charge in [-0.2, -0.15) is 0 Å². The average molecular weight is 447 g/mol. The van der Waals surface area contributed by atoms with Crippen molar-refractivity contribution in [2.45, 2.75) is 11.8 Å². The molecule has 0 aliphatic rings. The molecule has 0 aliphatic carbocycles.